The summed E-state index contributed by atoms with van der Waals surface area (Å²) in [6, 6.07) is 7.46. The molecular weight excluding hydrogens is 400 g/mol. The van der Waals surface area contributed by atoms with Gasteiger partial charge in [0.2, 0.25) is 0 Å². The zero-order valence-electron chi connectivity index (χ0n) is 11.8. The average molecular weight is 418 g/mol. The molecule has 0 aliphatic rings. The number of hydrogen-bond acceptors (Lipinski definition) is 3. The van der Waals surface area contributed by atoms with Crippen LogP contribution < -0.4 is 22.1 Å². The summed E-state index contributed by atoms with van der Waals surface area (Å²) in [6.45, 7) is 4.85. The molecule has 20 heavy (non-hydrogen) atoms. The normalized spacial score (nSPS) is 10.8. The van der Waals surface area contributed by atoms with Crippen LogP contribution in [0.2, 0.25) is 0 Å². The molecule has 0 radical (unpaired) electrons. The molecule has 0 fully saturated rings. The number of hydrogen-bond donors (Lipinski definition) is 0. The van der Waals surface area contributed by atoms with Crippen LogP contribution in [0.25, 0.3) is 5.76 Å². The van der Waals surface area contributed by atoms with Crippen molar-refractivity contribution < 1.29 is 31.6 Å². The molecule has 0 heterocycles. The maximum absolute atomic E-state index is 12.0. The van der Waals surface area contributed by atoms with Crippen LogP contribution >= 0.6 is 15.9 Å². The van der Waals surface area contributed by atoms with E-state index in [1.807, 2.05) is 38.1 Å². The van der Waals surface area contributed by atoms with E-state index in [1.54, 1.807) is 0 Å². The second kappa shape index (κ2) is 12.8. The van der Waals surface area contributed by atoms with E-state index in [2.05, 4.69) is 15.9 Å². The third-order valence-electron chi connectivity index (χ3n) is 2.19. The molecule has 1 aromatic carbocycles. The Balaban J connectivity index is 0. The summed E-state index contributed by atoms with van der Waals surface area (Å²) in [4.78, 5) is 0. The first-order chi connectivity index (χ1) is 8.70. The Labute approximate surface area is 155 Å². The first kappa shape index (κ1) is 22.4. The van der Waals surface area contributed by atoms with E-state index >= 15 is 0 Å². The molecule has 0 spiro atoms. The Hall–Kier alpha value is 0.0862. The SMILES string of the molecule is CCCOC([O-])=C(OCCC)c1ccccc1Br.[Br-].[Mg+2]. The Kier molecular flexibility index (Phi) is 14.3. The Morgan fingerprint density at radius 2 is 1.65 bits per heavy atom. The summed E-state index contributed by atoms with van der Waals surface area (Å²) in [6.07, 6.45) is 1.64. The van der Waals surface area contributed by atoms with Gasteiger partial charge in [-0.15, -0.1) is 0 Å². The molecule has 108 valence electrons. The summed E-state index contributed by atoms with van der Waals surface area (Å²) in [5.41, 5.74) is 0.729. The van der Waals surface area contributed by atoms with Crippen molar-refractivity contribution in [2.45, 2.75) is 26.7 Å². The third-order valence-corrected chi connectivity index (χ3v) is 2.88. The van der Waals surface area contributed by atoms with Gasteiger partial charge in [0.1, 0.15) is 5.76 Å². The van der Waals surface area contributed by atoms with Crippen LogP contribution in [0.15, 0.2) is 34.7 Å². The zero-order valence-corrected chi connectivity index (χ0v) is 16.4. The Morgan fingerprint density at radius 1 is 1.10 bits per heavy atom. The van der Waals surface area contributed by atoms with Crippen molar-refractivity contribution in [1.82, 2.24) is 0 Å². The second-order valence-electron chi connectivity index (χ2n) is 3.79. The van der Waals surface area contributed by atoms with Gasteiger partial charge in [0.05, 0.1) is 12.6 Å². The summed E-state index contributed by atoms with van der Waals surface area (Å²) in [5, 5.41) is 12.0. The number of ether oxygens (including phenoxy) is 2. The van der Waals surface area contributed by atoms with Crippen LogP contribution in [0.5, 0.6) is 0 Å². The minimum Gasteiger partial charge on any atom is -1.00 e. The molecule has 0 N–H and O–H groups in total. The molecule has 0 aromatic heterocycles. The van der Waals surface area contributed by atoms with Gasteiger partial charge in [-0.1, -0.05) is 48.0 Å². The molecular formula is C14H18Br2MgO3. The van der Waals surface area contributed by atoms with E-state index < -0.39 is 5.95 Å². The molecule has 0 saturated carbocycles. The number of rotatable bonds is 7. The maximum Gasteiger partial charge on any atom is 2.00 e. The molecule has 3 nitrogen and oxygen atoms in total. The Bertz CT molecular complexity index is 411. The van der Waals surface area contributed by atoms with Crippen LogP contribution in [0.3, 0.4) is 0 Å². The van der Waals surface area contributed by atoms with Crippen LogP contribution in [0.4, 0.5) is 0 Å². The van der Waals surface area contributed by atoms with Gasteiger partial charge in [-0.3, -0.25) is 0 Å². The van der Waals surface area contributed by atoms with Crippen LogP contribution in [-0.2, 0) is 9.47 Å². The van der Waals surface area contributed by atoms with E-state index in [0.717, 1.165) is 22.9 Å². The van der Waals surface area contributed by atoms with Gasteiger partial charge in [0, 0.05) is 10.0 Å². The number of halogens is 2. The first-order valence-electron chi connectivity index (χ1n) is 6.12. The van der Waals surface area contributed by atoms with Gasteiger partial charge in [-0.25, -0.2) is 0 Å². The van der Waals surface area contributed by atoms with Crippen molar-refractivity contribution in [1.29, 1.82) is 0 Å². The van der Waals surface area contributed by atoms with E-state index in [0.29, 0.717) is 13.2 Å². The molecule has 0 aliphatic carbocycles. The van der Waals surface area contributed by atoms with Crippen LogP contribution in [0.1, 0.15) is 32.3 Å². The van der Waals surface area contributed by atoms with E-state index in [-0.39, 0.29) is 45.8 Å². The first-order valence-corrected chi connectivity index (χ1v) is 6.91. The smallest absolute Gasteiger partial charge is 1.00 e. The average Bonchev–Trinajstić information content (AvgIpc) is 2.38. The monoisotopic (exact) mass is 416 g/mol. The molecule has 0 aliphatic heterocycles. The van der Waals surface area contributed by atoms with Gasteiger partial charge in [-0.05, 0) is 25.5 Å². The zero-order chi connectivity index (χ0) is 13.4. The van der Waals surface area contributed by atoms with Gasteiger partial charge in [0.15, 0.2) is 0 Å². The van der Waals surface area contributed by atoms with Crippen LogP contribution in [-0.4, -0.2) is 36.3 Å². The predicted molar refractivity (Wildman–Crippen MR) is 79.3 cm³/mol. The Morgan fingerprint density at radius 3 is 2.20 bits per heavy atom. The van der Waals surface area contributed by atoms with Crippen LogP contribution in [0, 0.1) is 0 Å². The molecule has 0 amide bonds. The van der Waals surface area contributed by atoms with Crippen molar-refractivity contribution in [3.05, 3.63) is 40.2 Å². The fourth-order valence-corrected chi connectivity index (χ4v) is 1.82. The standard InChI is InChI=1S/C14H19BrO3.BrH.Mg/c1-3-9-17-13(14(16)18-10-4-2)11-7-5-6-8-12(11)15;;/h5-8,16H,3-4,9-10H2,1-2H3;1H;/q;;+2/p-2. The van der Waals surface area contributed by atoms with Gasteiger partial charge in [-0.2, -0.15) is 0 Å². The van der Waals surface area contributed by atoms with Crippen molar-refractivity contribution >= 4 is 44.7 Å². The van der Waals surface area contributed by atoms with Gasteiger partial charge < -0.3 is 31.6 Å². The minimum atomic E-state index is -0.405. The topological polar surface area (TPSA) is 41.5 Å². The largest absolute Gasteiger partial charge is 2.00 e. The summed E-state index contributed by atoms with van der Waals surface area (Å²) < 4.78 is 11.5. The van der Waals surface area contributed by atoms with E-state index in [4.69, 9.17) is 9.47 Å². The number of benzene rings is 1. The molecule has 6 heteroatoms. The summed E-state index contributed by atoms with van der Waals surface area (Å²) in [7, 11) is 0. The molecule has 1 aromatic rings. The molecule has 0 unspecified atom stereocenters. The molecule has 0 atom stereocenters. The van der Waals surface area contributed by atoms with Crippen molar-refractivity contribution in [2.75, 3.05) is 13.2 Å². The van der Waals surface area contributed by atoms with Gasteiger partial charge >= 0.3 is 23.1 Å². The maximum atomic E-state index is 12.0. The van der Waals surface area contributed by atoms with Gasteiger partial charge in [0.25, 0.3) is 0 Å². The fourth-order valence-electron chi connectivity index (χ4n) is 1.36. The molecule has 0 bridgehead atoms. The molecule has 0 saturated heterocycles. The van der Waals surface area contributed by atoms with E-state index in [9.17, 15) is 5.11 Å². The summed E-state index contributed by atoms with van der Waals surface area (Å²) in [5.74, 6) is -0.130. The van der Waals surface area contributed by atoms with Crippen molar-refractivity contribution in [3.8, 4) is 0 Å². The fraction of sp³-hybridized carbons (Fsp3) is 0.429. The third kappa shape index (κ3) is 7.20. The van der Waals surface area contributed by atoms with E-state index in [1.165, 1.54) is 0 Å². The van der Waals surface area contributed by atoms with Crippen molar-refractivity contribution in [3.63, 3.8) is 0 Å². The molecule has 1 rings (SSSR count). The summed E-state index contributed by atoms with van der Waals surface area (Å²) >= 11 is 3.42. The second-order valence-corrected chi connectivity index (χ2v) is 4.65. The van der Waals surface area contributed by atoms with Crippen molar-refractivity contribution in [2.24, 2.45) is 0 Å². The minimum absolute atomic E-state index is 0. The quantitative estimate of drug-likeness (QED) is 0.459. The predicted octanol–water partition coefficient (Wildman–Crippen LogP) is -0.0881.